The minimum atomic E-state index is -0.467. The zero-order valence-corrected chi connectivity index (χ0v) is 18.7. The molecule has 2 aromatic heterocycles. The highest BCUT2D eigenvalue weighted by molar-refractivity contribution is 7.20. The van der Waals surface area contributed by atoms with Crippen LogP contribution in [0.1, 0.15) is 23.7 Å². The molecule has 4 aromatic rings. The minimum Gasteiger partial charge on any atom is -0.469 e. The second-order valence-electron chi connectivity index (χ2n) is 6.90. The lowest BCUT2D eigenvalue weighted by Gasteiger charge is -2.05. The van der Waals surface area contributed by atoms with Crippen LogP contribution in [0.2, 0.25) is 5.02 Å². The maximum atomic E-state index is 13.4. The molecule has 0 amide bonds. The topological polar surface area (TPSA) is 89.3 Å². The average Bonchev–Trinajstić information content (AvgIpc) is 3.32. The Hall–Kier alpha value is -3.23. The molecule has 0 spiro atoms. The molecule has 0 aliphatic rings. The molecule has 0 saturated carbocycles. The number of para-hydroxylation sites is 1. The number of H-pyrrole nitrogens is 1. The van der Waals surface area contributed by atoms with E-state index in [1.54, 1.807) is 19.1 Å². The number of carbonyl (C=O) groups is 1. The summed E-state index contributed by atoms with van der Waals surface area (Å²) < 4.78 is 7.11. The molecule has 0 fully saturated rings. The second kappa shape index (κ2) is 8.49. The van der Waals surface area contributed by atoms with E-state index < -0.39 is 5.97 Å². The Morgan fingerprint density at radius 2 is 2.03 bits per heavy atom. The van der Waals surface area contributed by atoms with E-state index in [4.69, 9.17) is 16.3 Å². The van der Waals surface area contributed by atoms with E-state index in [0.717, 1.165) is 15.8 Å². The Morgan fingerprint density at radius 3 is 2.77 bits per heavy atom. The molecule has 158 valence electrons. The van der Waals surface area contributed by atoms with Gasteiger partial charge in [0.05, 0.1) is 46.4 Å². The number of carbonyl (C=O) groups excluding carboxylic acids is 1. The van der Waals surface area contributed by atoms with Crippen LogP contribution in [0.3, 0.4) is 0 Å². The van der Waals surface area contributed by atoms with Crippen LogP contribution in [0.4, 0.5) is 5.69 Å². The number of rotatable bonds is 5. The van der Waals surface area contributed by atoms with Crippen LogP contribution >= 0.6 is 22.9 Å². The van der Waals surface area contributed by atoms with Crippen LogP contribution in [0.25, 0.3) is 15.3 Å². The van der Waals surface area contributed by atoms with Crippen molar-refractivity contribution in [3.63, 3.8) is 0 Å². The first kappa shape index (κ1) is 21.0. The fourth-order valence-electron chi connectivity index (χ4n) is 3.24. The first-order valence-corrected chi connectivity index (χ1v) is 10.7. The Bertz CT molecular complexity index is 1350. The van der Waals surface area contributed by atoms with Gasteiger partial charge in [0.1, 0.15) is 0 Å². The van der Waals surface area contributed by atoms with E-state index in [-0.39, 0.29) is 12.0 Å². The number of hydrogen-bond acceptors (Lipinski definition) is 6. The van der Waals surface area contributed by atoms with Crippen molar-refractivity contribution in [2.45, 2.75) is 20.3 Å². The molecular formula is C22H19ClN4O3S. The number of benzene rings is 2. The predicted molar refractivity (Wildman–Crippen MR) is 123 cm³/mol. The summed E-state index contributed by atoms with van der Waals surface area (Å²) in [5.74, 6) is -0.467. The molecule has 2 aromatic carbocycles. The molecule has 0 radical (unpaired) electrons. The SMILES string of the molecule is COC(=O)Cc1[nH]n(-c2nc3ccccc3s2)c(=O)c1C(C)=Nc1cccc(Cl)c1C. The highest BCUT2D eigenvalue weighted by Crippen LogP contribution is 2.27. The third-order valence-corrected chi connectivity index (χ3v) is 6.31. The lowest BCUT2D eigenvalue weighted by Crippen LogP contribution is -2.20. The number of thiazole rings is 1. The summed E-state index contributed by atoms with van der Waals surface area (Å²) in [5.41, 5.74) is 3.10. The Labute approximate surface area is 187 Å². The van der Waals surface area contributed by atoms with E-state index in [0.29, 0.717) is 32.8 Å². The molecule has 0 aliphatic heterocycles. The fraction of sp³-hybridized carbons (Fsp3) is 0.182. The van der Waals surface area contributed by atoms with Gasteiger partial charge in [0.2, 0.25) is 5.13 Å². The van der Waals surface area contributed by atoms with E-state index >= 15 is 0 Å². The van der Waals surface area contributed by atoms with E-state index in [9.17, 15) is 9.59 Å². The van der Waals surface area contributed by atoms with Crippen LogP contribution in [0.5, 0.6) is 0 Å². The molecule has 2 heterocycles. The van der Waals surface area contributed by atoms with Crippen molar-refractivity contribution in [1.29, 1.82) is 0 Å². The van der Waals surface area contributed by atoms with Crippen molar-refractivity contribution in [2.75, 3.05) is 7.11 Å². The molecule has 1 N–H and O–H groups in total. The van der Waals surface area contributed by atoms with Crippen LogP contribution in [-0.4, -0.2) is 33.6 Å². The quantitative estimate of drug-likeness (QED) is 0.352. The van der Waals surface area contributed by atoms with E-state index in [2.05, 4.69) is 15.1 Å². The molecule has 0 saturated heterocycles. The van der Waals surface area contributed by atoms with Crippen LogP contribution in [-0.2, 0) is 16.0 Å². The van der Waals surface area contributed by atoms with Crippen LogP contribution in [0.15, 0.2) is 52.3 Å². The summed E-state index contributed by atoms with van der Waals surface area (Å²) in [5, 5.41) is 4.10. The number of nitrogens with zero attached hydrogens (tertiary/aromatic N) is 3. The van der Waals surface area contributed by atoms with Gasteiger partial charge >= 0.3 is 5.97 Å². The average molecular weight is 455 g/mol. The number of ether oxygens (including phenoxy) is 1. The number of fused-ring (bicyclic) bond motifs is 1. The maximum absolute atomic E-state index is 13.4. The molecule has 0 atom stereocenters. The van der Waals surface area contributed by atoms with Gasteiger partial charge < -0.3 is 4.74 Å². The third-order valence-electron chi connectivity index (χ3n) is 4.88. The van der Waals surface area contributed by atoms with Gasteiger partial charge in [-0.1, -0.05) is 41.1 Å². The van der Waals surface area contributed by atoms with Gasteiger partial charge in [-0.15, -0.1) is 0 Å². The molecule has 31 heavy (non-hydrogen) atoms. The zero-order chi connectivity index (χ0) is 22.1. The Kier molecular flexibility index (Phi) is 5.75. The number of halogens is 1. The van der Waals surface area contributed by atoms with Crippen molar-refractivity contribution in [3.8, 4) is 5.13 Å². The molecule has 0 bridgehead atoms. The summed E-state index contributed by atoms with van der Waals surface area (Å²) in [4.78, 5) is 34.5. The second-order valence-corrected chi connectivity index (χ2v) is 8.32. The number of hydrogen-bond donors (Lipinski definition) is 1. The lowest BCUT2D eigenvalue weighted by molar-refractivity contribution is -0.139. The summed E-state index contributed by atoms with van der Waals surface area (Å²) >= 11 is 7.59. The van der Waals surface area contributed by atoms with Crippen LogP contribution in [0, 0.1) is 6.92 Å². The number of aromatic nitrogens is 3. The van der Waals surface area contributed by atoms with Crippen molar-refractivity contribution >= 4 is 50.5 Å². The predicted octanol–water partition coefficient (Wildman–Crippen LogP) is 4.59. The lowest BCUT2D eigenvalue weighted by atomic mass is 10.1. The van der Waals surface area contributed by atoms with Crippen molar-refractivity contribution in [1.82, 2.24) is 14.8 Å². The molecule has 0 aliphatic carbocycles. The zero-order valence-electron chi connectivity index (χ0n) is 17.1. The summed E-state index contributed by atoms with van der Waals surface area (Å²) in [6.45, 7) is 3.59. The molecule has 7 nitrogen and oxygen atoms in total. The number of aliphatic imine (C=N–C) groups is 1. The molecule has 4 rings (SSSR count). The minimum absolute atomic E-state index is 0.0969. The standard InChI is InChI=1S/C22H19ClN4O3S/c1-12-14(23)7-6-9-15(12)24-13(2)20-17(11-19(28)30-3)26-27(21(20)29)22-25-16-8-4-5-10-18(16)31-22/h4-10,26H,11H2,1-3H3. The maximum Gasteiger partial charge on any atom is 0.311 e. The van der Waals surface area contributed by atoms with Crippen molar-refractivity contribution in [3.05, 3.63) is 74.7 Å². The normalized spacial score (nSPS) is 11.8. The number of methoxy groups -OCH3 is 1. The number of aromatic amines is 1. The van der Waals surface area contributed by atoms with Crippen molar-refractivity contribution in [2.24, 2.45) is 4.99 Å². The number of nitrogens with one attached hydrogen (secondary N) is 1. The van der Waals surface area contributed by atoms with Crippen LogP contribution < -0.4 is 5.56 Å². The van der Waals surface area contributed by atoms with E-state index in [1.165, 1.54) is 23.1 Å². The number of esters is 1. The summed E-state index contributed by atoms with van der Waals surface area (Å²) in [7, 11) is 1.31. The molecule has 0 unspecified atom stereocenters. The summed E-state index contributed by atoms with van der Waals surface area (Å²) in [6.07, 6.45) is -0.0969. The Balaban J connectivity index is 1.87. The van der Waals surface area contributed by atoms with Gasteiger partial charge in [0.15, 0.2) is 0 Å². The molecule has 9 heteroatoms. The fourth-order valence-corrected chi connectivity index (χ4v) is 4.34. The smallest absolute Gasteiger partial charge is 0.311 e. The van der Waals surface area contributed by atoms with E-state index in [1.807, 2.05) is 37.3 Å². The first-order chi connectivity index (χ1) is 14.9. The van der Waals surface area contributed by atoms with Gasteiger partial charge in [-0.2, -0.15) is 4.68 Å². The van der Waals surface area contributed by atoms with Gasteiger partial charge in [0.25, 0.3) is 5.56 Å². The highest BCUT2D eigenvalue weighted by atomic mass is 35.5. The largest absolute Gasteiger partial charge is 0.469 e. The monoisotopic (exact) mass is 454 g/mol. The Morgan fingerprint density at radius 1 is 1.26 bits per heavy atom. The van der Waals surface area contributed by atoms with Gasteiger partial charge in [0, 0.05) is 5.02 Å². The van der Waals surface area contributed by atoms with Gasteiger partial charge in [-0.3, -0.25) is 19.7 Å². The van der Waals surface area contributed by atoms with Crippen molar-refractivity contribution < 1.29 is 9.53 Å². The van der Waals surface area contributed by atoms with Gasteiger partial charge in [-0.25, -0.2) is 4.98 Å². The highest BCUT2D eigenvalue weighted by Gasteiger charge is 2.22. The first-order valence-electron chi connectivity index (χ1n) is 9.46. The molecular weight excluding hydrogens is 436 g/mol. The third kappa shape index (κ3) is 4.04. The van der Waals surface area contributed by atoms with Gasteiger partial charge in [-0.05, 0) is 43.7 Å². The summed E-state index contributed by atoms with van der Waals surface area (Å²) in [6, 6.07) is 13.0.